The average molecular weight is 1140 g/mol. The number of halogens is 4. The van der Waals surface area contributed by atoms with E-state index in [0.717, 1.165) is 47.0 Å². The van der Waals surface area contributed by atoms with Gasteiger partial charge in [0.15, 0.2) is 0 Å². The molecular weight excluding hydrogens is 1100 g/mol. The fraction of sp³-hybridized carbons (Fsp3) is 0.300. The molecule has 1 saturated heterocycles. The molecule has 7 rings (SSSR count). The predicted octanol–water partition coefficient (Wildman–Crippen LogP) is 7.88. The summed E-state index contributed by atoms with van der Waals surface area (Å²) in [7, 11) is -5.75. The topological polar surface area (TPSA) is 159 Å². The number of hydrogen-bond donors (Lipinski definition) is 0. The second kappa shape index (κ2) is 17.9. The van der Waals surface area contributed by atoms with Crippen molar-refractivity contribution in [2.45, 2.75) is 45.4 Å². The monoisotopic (exact) mass is 1130 g/mol. The van der Waals surface area contributed by atoms with Crippen LogP contribution in [0.15, 0.2) is 80.9 Å². The zero-order valence-corrected chi connectivity index (χ0v) is 39.5. The SMILES string of the molecule is Brc1cccc2c1C=NC2.CC1(C)OB(c2cccc3c2cnn3S(C)(=O)=O)OC1(C)C.CS(=O)(=O)n1ncc2c(Br)cccc21.[NH-][P+](I)=S=BI. The van der Waals surface area contributed by atoms with Gasteiger partial charge in [-0.05, 0) is 63.0 Å². The fourth-order valence-electron chi connectivity index (χ4n) is 4.88. The standard InChI is InChI=1S/C14H19BN2O4S.C8H7BrN2O2S.C8H6BrN.BHI2NPS/c1-13(2)14(3,4)21-15(20-13)11-7-6-8-12-10(11)9-16-17(12)22(5,18)19;1-14(12,13)11-8-4-2-3-7(9)6(8)5-10-11;9-8-3-1-2-6-4-10-5-7(6)8;2-1-6-5(3)4/h6-9H,1-5H3;2-5H,1H3;1-3,5H,4H2;4H. The van der Waals surface area contributed by atoms with Gasteiger partial charge in [-0.25, -0.2) is 16.8 Å². The van der Waals surface area contributed by atoms with Gasteiger partial charge in [0.2, 0.25) is 0 Å². The first kappa shape index (κ1) is 43.8. The molecule has 0 aliphatic carbocycles. The first-order chi connectivity index (χ1) is 24.2. The molecule has 1 unspecified atom stereocenters. The summed E-state index contributed by atoms with van der Waals surface area (Å²) in [6.45, 7) is 8.76. The third-order valence-electron chi connectivity index (χ3n) is 8.04. The summed E-state index contributed by atoms with van der Waals surface area (Å²) in [6.07, 6.45) is 7.23. The summed E-state index contributed by atoms with van der Waals surface area (Å²) in [5, 5.41) is 9.32. The van der Waals surface area contributed by atoms with Crippen molar-refractivity contribution in [2.75, 3.05) is 12.5 Å². The number of nitrogens with zero attached hydrogens (tertiary/aromatic N) is 5. The molecular formula is C30H33B2Br2I2N6O6PS3. The van der Waals surface area contributed by atoms with Gasteiger partial charge in [-0.2, -0.15) is 18.4 Å². The second-order valence-electron chi connectivity index (χ2n) is 12.3. The van der Waals surface area contributed by atoms with Gasteiger partial charge in [0.1, 0.15) is 0 Å². The maximum atomic E-state index is 11.8. The van der Waals surface area contributed by atoms with Gasteiger partial charge in [0.05, 0.1) is 53.7 Å². The van der Waals surface area contributed by atoms with Crippen molar-refractivity contribution < 1.29 is 26.1 Å². The van der Waals surface area contributed by atoms with Crippen LogP contribution in [0.25, 0.3) is 27.3 Å². The van der Waals surface area contributed by atoms with E-state index in [9.17, 15) is 16.8 Å². The third kappa shape index (κ3) is 10.7. The van der Waals surface area contributed by atoms with Gasteiger partial charge in [0.25, 0.3) is 20.0 Å². The van der Waals surface area contributed by atoms with Crippen LogP contribution in [0.3, 0.4) is 0 Å². The van der Waals surface area contributed by atoms with E-state index in [1.807, 2.05) is 62.2 Å². The maximum absolute atomic E-state index is 11.8. The molecule has 276 valence electrons. The Morgan fingerprint density at radius 3 is 1.87 bits per heavy atom. The van der Waals surface area contributed by atoms with E-state index in [1.165, 1.54) is 23.5 Å². The Morgan fingerprint density at radius 1 is 0.865 bits per heavy atom. The van der Waals surface area contributed by atoms with Gasteiger partial charge in [-0.15, -0.1) is 0 Å². The normalized spacial score (nSPS) is 15.8. The summed E-state index contributed by atoms with van der Waals surface area (Å²) in [5.74, 6) is 0. The van der Waals surface area contributed by atoms with E-state index < -0.39 is 42.9 Å². The Hall–Kier alpha value is -0.880. The first-order valence-electron chi connectivity index (χ1n) is 15.1. The molecule has 0 saturated carbocycles. The molecule has 4 heterocycles. The van der Waals surface area contributed by atoms with E-state index >= 15 is 0 Å². The molecule has 1 fully saturated rings. The Morgan fingerprint density at radius 2 is 1.37 bits per heavy atom. The Balaban J connectivity index is 0.000000172. The summed E-state index contributed by atoms with van der Waals surface area (Å²) < 4.78 is 63.7. The van der Waals surface area contributed by atoms with Crippen molar-refractivity contribution in [3.63, 3.8) is 0 Å². The van der Waals surface area contributed by atoms with Crippen LogP contribution in [-0.4, -0.2) is 76.3 Å². The molecule has 2 aromatic heterocycles. The molecule has 2 aliphatic heterocycles. The van der Waals surface area contributed by atoms with Crippen LogP contribution < -0.4 is 5.46 Å². The van der Waals surface area contributed by atoms with Crippen LogP contribution in [0.4, 0.5) is 0 Å². The van der Waals surface area contributed by atoms with Crippen LogP contribution >= 0.6 is 80.8 Å². The van der Waals surface area contributed by atoms with Crippen molar-refractivity contribution in [1.29, 1.82) is 0 Å². The first-order valence-corrected chi connectivity index (χ1v) is 27.2. The van der Waals surface area contributed by atoms with Gasteiger partial charge in [0, 0.05) is 31.5 Å². The number of hydrogen-bond acceptors (Lipinski definition) is 9. The molecule has 1 atom stereocenters. The molecule has 2 aliphatic rings. The van der Waals surface area contributed by atoms with Crippen LogP contribution in [-0.2, 0) is 46.3 Å². The Bertz CT molecular complexity index is 2420. The molecule has 52 heavy (non-hydrogen) atoms. The van der Waals surface area contributed by atoms with E-state index in [0.29, 0.717) is 16.4 Å². The fourth-order valence-corrected chi connectivity index (χ4v) is 14.6. The van der Waals surface area contributed by atoms with Gasteiger partial charge < -0.3 is 9.31 Å². The zero-order valence-electron chi connectivity index (χ0n) is 28.7. The molecule has 0 amide bonds. The van der Waals surface area contributed by atoms with Gasteiger partial charge in [-0.3, -0.25) is 4.99 Å². The molecule has 5 aromatic rings. The number of rotatable bonds is 3. The summed E-state index contributed by atoms with van der Waals surface area (Å²) in [5.41, 5.74) is 10.5. The molecule has 0 bridgehead atoms. The summed E-state index contributed by atoms with van der Waals surface area (Å²) >= 11 is 11.0. The number of fused-ring (bicyclic) bond motifs is 3. The summed E-state index contributed by atoms with van der Waals surface area (Å²) in [4.78, 5) is 4.16. The third-order valence-corrected chi connectivity index (χ3v) is 16.4. The molecule has 22 heteroatoms. The van der Waals surface area contributed by atoms with E-state index in [1.54, 1.807) is 34.6 Å². The molecule has 3 aromatic carbocycles. The van der Waals surface area contributed by atoms with E-state index in [2.05, 4.69) is 97.5 Å². The van der Waals surface area contributed by atoms with Crippen LogP contribution in [0.5, 0.6) is 0 Å². The molecule has 12 nitrogen and oxygen atoms in total. The number of nitrogens with one attached hydrogen (secondary N) is 1. The van der Waals surface area contributed by atoms with Crippen molar-refractivity contribution in [3.05, 3.63) is 92.6 Å². The van der Waals surface area contributed by atoms with E-state index in [-0.39, 0.29) is 0 Å². The van der Waals surface area contributed by atoms with Crippen molar-refractivity contribution in [3.8, 4) is 0 Å². The molecule has 1 N–H and O–H groups in total. The van der Waals surface area contributed by atoms with Crippen molar-refractivity contribution in [2.24, 2.45) is 4.99 Å². The quantitative estimate of drug-likeness (QED) is 0.100. The van der Waals surface area contributed by atoms with E-state index in [4.69, 9.17) is 14.8 Å². The Labute approximate surface area is 352 Å². The van der Waals surface area contributed by atoms with Gasteiger partial charge in [-0.1, -0.05) is 62.2 Å². The van der Waals surface area contributed by atoms with Gasteiger partial charge >= 0.3 is 75.9 Å². The zero-order chi connectivity index (χ0) is 38.6. The number of benzene rings is 3. The van der Waals surface area contributed by atoms with Crippen LogP contribution in [0.1, 0.15) is 38.8 Å². The van der Waals surface area contributed by atoms with Crippen LogP contribution in [0.2, 0.25) is 0 Å². The Kier molecular flexibility index (Phi) is 15.1. The average Bonchev–Trinajstić information content (AvgIpc) is 3.82. The predicted molar refractivity (Wildman–Crippen MR) is 241 cm³/mol. The van der Waals surface area contributed by atoms with Crippen LogP contribution in [0, 0.1) is 0 Å². The number of aliphatic imine (C=N–C) groups is 1. The second-order valence-corrected chi connectivity index (χ2v) is 26.6. The minimum absolute atomic E-state index is 0.452. The van der Waals surface area contributed by atoms with Crippen molar-refractivity contribution >= 4 is 156 Å². The molecule has 0 spiro atoms. The number of aromatic nitrogens is 4. The molecule has 0 radical (unpaired) electrons. The summed E-state index contributed by atoms with van der Waals surface area (Å²) in [6, 6.07) is 16.9. The minimum atomic E-state index is -3.45. The van der Waals surface area contributed by atoms with Crippen molar-refractivity contribution in [1.82, 2.24) is 18.4 Å².